The largest absolute Gasteiger partial charge is 0.376 e. The maximum absolute atomic E-state index is 5.75. The highest BCUT2D eigenvalue weighted by atomic mass is 16.6. The molecule has 0 aromatic heterocycles. The molecule has 0 aromatic carbocycles. The van der Waals surface area contributed by atoms with Crippen molar-refractivity contribution in [2.75, 3.05) is 27.9 Å². The van der Waals surface area contributed by atoms with E-state index in [0.29, 0.717) is 12.5 Å². The van der Waals surface area contributed by atoms with Crippen molar-refractivity contribution in [3.63, 3.8) is 0 Å². The van der Waals surface area contributed by atoms with Crippen LogP contribution in [0.25, 0.3) is 0 Å². The highest BCUT2D eigenvalue weighted by Gasteiger charge is 2.42. The number of ether oxygens (including phenoxy) is 4. The Morgan fingerprint density at radius 3 is 2.00 bits per heavy atom. The van der Waals surface area contributed by atoms with Crippen LogP contribution in [0, 0.1) is 5.92 Å². The molecular formula is C11H22O4. The van der Waals surface area contributed by atoms with Gasteiger partial charge in [0, 0.05) is 21.3 Å². The van der Waals surface area contributed by atoms with Gasteiger partial charge in [0.25, 0.3) is 0 Å². The molecule has 0 amide bonds. The van der Waals surface area contributed by atoms with Crippen molar-refractivity contribution in [2.45, 2.75) is 38.3 Å². The minimum Gasteiger partial charge on any atom is -0.376 e. The van der Waals surface area contributed by atoms with E-state index in [1.807, 2.05) is 0 Å². The molecule has 90 valence electrons. The number of methoxy groups -OCH3 is 3. The molecule has 4 heteroatoms. The predicted octanol–water partition coefficient (Wildman–Crippen LogP) is 1.09. The van der Waals surface area contributed by atoms with Crippen LogP contribution in [0.5, 0.6) is 0 Å². The molecule has 15 heavy (non-hydrogen) atoms. The standard InChI is InChI=1S/C11H22O4/c1-7(2)9-11(14-5)10(13-4)8(12-3)6-15-9/h7-11H,6H2,1-5H3/t8-,9?,10+,11+/m1/s1. The van der Waals surface area contributed by atoms with E-state index in [1.54, 1.807) is 21.3 Å². The Hall–Kier alpha value is -0.160. The second-order valence-electron chi connectivity index (χ2n) is 4.22. The molecule has 1 rings (SSSR count). The SMILES string of the molecule is CO[C@H]1[C@H](OC)COC(C(C)C)[C@@H]1OC. The summed E-state index contributed by atoms with van der Waals surface area (Å²) in [6, 6.07) is 0. The Morgan fingerprint density at radius 2 is 1.60 bits per heavy atom. The Bertz CT molecular complexity index is 183. The lowest BCUT2D eigenvalue weighted by atomic mass is 9.92. The average molecular weight is 218 g/mol. The molecule has 4 nitrogen and oxygen atoms in total. The molecule has 0 bridgehead atoms. The smallest absolute Gasteiger partial charge is 0.114 e. The summed E-state index contributed by atoms with van der Waals surface area (Å²) in [6.07, 6.45) is -0.0869. The molecule has 1 unspecified atom stereocenters. The third-order valence-electron chi connectivity index (χ3n) is 2.97. The van der Waals surface area contributed by atoms with E-state index in [4.69, 9.17) is 18.9 Å². The fourth-order valence-electron chi connectivity index (χ4n) is 2.12. The third-order valence-corrected chi connectivity index (χ3v) is 2.97. The zero-order chi connectivity index (χ0) is 11.4. The van der Waals surface area contributed by atoms with Gasteiger partial charge in [-0.05, 0) is 5.92 Å². The van der Waals surface area contributed by atoms with Gasteiger partial charge in [-0.2, -0.15) is 0 Å². The van der Waals surface area contributed by atoms with Crippen LogP contribution in [-0.2, 0) is 18.9 Å². The number of hydrogen-bond donors (Lipinski definition) is 0. The van der Waals surface area contributed by atoms with Crippen molar-refractivity contribution >= 4 is 0 Å². The lowest BCUT2D eigenvalue weighted by Crippen LogP contribution is -2.56. The van der Waals surface area contributed by atoms with Gasteiger partial charge in [0.05, 0.1) is 12.7 Å². The Balaban J connectivity index is 2.74. The highest BCUT2D eigenvalue weighted by Crippen LogP contribution is 2.26. The monoisotopic (exact) mass is 218 g/mol. The first-order valence-electron chi connectivity index (χ1n) is 5.35. The van der Waals surface area contributed by atoms with Crippen LogP contribution in [-0.4, -0.2) is 52.4 Å². The first-order chi connectivity index (χ1) is 7.15. The van der Waals surface area contributed by atoms with Crippen LogP contribution in [0.4, 0.5) is 0 Å². The van der Waals surface area contributed by atoms with Crippen molar-refractivity contribution in [2.24, 2.45) is 5.92 Å². The number of rotatable bonds is 4. The number of hydrogen-bond acceptors (Lipinski definition) is 4. The van der Waals surface area contributed by atoms with Crippen molar-refractivity contribution in [1.82, 2.24) is 0 Å². The van der Waals surface area contributed by atoms with E-state index in [-0.39, 0.29) is 24.4 Å². The van der Waals surface area contributed by atoms with E-state index in [9.17, 15) is 0 Å². The van der Waals surface area contributed by atoms with E-state index in [1.165, 1.54) is 0 Å². The predicted molar refractivity (Wildman–Crippen MR) is 57.0 cm³/mol. The maximum Gasteiger partial charge on any atom is 0.114 e. The molecular weight excluding hydrogens is 196 g/mol. The molecule has 1 aliphatic rings. The second kappa shape index (κ2) is 5.80. The zero-order valence-electron chi connectivity index (χ0n) is 10.2. The molecule has 1 aliphatic heterocycles. The molecule has 0 saturated carbocycles. The summed E-state index contributed by atoms with van der Waals surface area (Å²) in [7, 11) is 5.04. The fraction of sp³-hybridized carbons (Fsp3) is 1.00. The van der Waals surface area contributed by atoms with Crippen LogP contribution in [0.3, 0.4) is 0 Å². The first kappa shape index (κ1) is 12.9. The molecule has 1 saturated heterocycles. The third kappa shape index (κ3) is 2.69. The van der Waals surface area contributed by atoms with Crippen molar-refractivity contribution in [3.8, 4) is 0 Å². The molecule has 1 heterocycles. The molecule has 0 aromatic rings. The van der Waals surface area contributed by atoms with Gasteiger partial charge in [0.15, 0.2) is 0 Å². The van der Waals surface area contributed by atoms with Crippen LogP contribution in [0.15, 0.2) is 0 Å². The normalized spacial score (nSPS) is 37.2. The van der Waals surface area contributed by atoms with Crippen molar-refractivity contribution < 1.29 is 18.9 Å². The van der Waals surface area contributed by atoms with Gasteiger partial charge in [-0.15, -0.1) is 0 Å². The lowest BCUT2D eigenvalue weighted by molar-refractivity contribution is -0.220. The summed E-state index contributed by atoms with van der Waals surface area (Å²) in [5.74, 6) is 0.408. The van der Waals surface area contributed by atoms with E-state index >= 15 is 0 Å². The summed E-state index contributed by atoms with van der Waals surface area (Å²) in [6.45, 7) is 4.81. The molecule has 4 atom stereocenters. The molecule has 0 N–H and O–H groups in total. The van der Waals surface area contributed by atoms with E-state index in [0.717, 1.165) is 0 Å². The molecule has 0 aliphatic carbocycles. The van der Waals surface area contributed by atoms with Crippen LogP contribution in [0.1, 0.15) is 13.8 Å². The Kier molecular flexibility index (Phi) is 4.99. The van der Waals surface area contributed by atoms with Gasteiger partial charge in [0.2, 0.25) is 0 Å². The van der Waals surface area contributed by atoms with Crippen molar-refractivity contribution in [3.05, 3.63) is 0 Å². The van der Waals surface area contributed by atoms with Crippen molar-refractivity contribution in [1.29, 1.82) is 0 Å². The van der Waals surface area contributed by atoms with Gasteiger partial charge < -0.3 is 18.9 Å². The lowest BCUT2D eigenvalue weighted by Gasteiger charge is -2.42. The van der Waals surface area contributed by atoms with Gasteiger partial charge >= 0.3 is 0 Å². The average Bonchev–Trinajstić information content (AvgIpc) is 2.26. The maximum atomic E-state index is 5.75. The summed E-state index contributed by atoms with van der Waals surface area (Å²) in [5.41, 5.74) is 0. The second-order valence-corrected chi connectivity index (χ2v) is 4.22. The topological polar surface area (TPSA) is 36.9 Å². The zero-order valence-corrected chi connectivity index (χ0v) is 10.2. The molecule has 0 spiro atoms. The van der Waals surface area contributed by atoms with Crippen LogP contribution in [0.2, 0.25) is 0 Å². The summed E-state index contributed by atoms with van der Waals surface area (Å²) < 4.78 is 22.0. The summed E-state index contributed by atoms with van der Waals surface area (Å²) in [5, 5.41) is 0. The minimum atomic E-state index is -0.0614. The summed E-state index contributed by atoms with van der Waals surface area (Å²) >= 11 is 0. The highest BCUT2D eigenvalue weighted by molar-refractivity contribution is 4.90. The molecule has 0 radical (unpaired) electrons. The quantitative estimate of drug-likeness (QED) is 0.707. The van der Waals surface area contributed by atoms with Gasteiger partial charge in [-0.25, -0.2) is 0 Å². The Morgan fingerprint density at radius 1 is 1.00 bits per heavy atom. The Labute approximate surface area is 91.8 Å². The van der Waals surface area contributed by atoms with Crippen LogP contribution >= 0.6 is 0 Å². The molecule has 1 fully saturated rings. The van der Waals surface area contributed by atoms with Gasteiger partial charge in [-0.1, -0.05) is 13.8 Å². The fourth-order valence-corrected chi connectivity index (χ4v) is 2.12. The van der Waals surface area contributed by atoms with Gasteiger partial charge in [0.1, 0.15) is 18.3 Å². The minimum absolute atomic E-state index is 0.0463. The van der Waals surface area contributed by atoms with Crippen LogP contribution < -0.4 is 0 Å². The van der Waals surface area contributed by atoms with E-state index in [2.05, 4.69) is 13.8 Å². The summed E-state index contributed by atoms with van der Waals surface area (Å²) in [4.78, 5) is 0. The first-order valence-corrected chi connectivity index (χ1v) is 5.35. The van der Waals surface area contributed by atoms with E-state index < -0.39 is 0 Å². The van der Waals surface area contributed by atoms with Gasteiger partial charge in [-0.3, -0.25) is 0 Å².